The predicted octanol–water partition coefficient (Wildman–Crippen LogP) is 2.49. The van der Waals surface area contributed by atoms with Crippen LogP contribution in [0.1, 0.15) is 32.3 Å². The smallest absolute Gasteiger partial charge is 0.0718 e. The summed E-state index contributed by atoms with van der Waals surface area (Å²) in [6, 6.07) is 8.65. The second-order valence-corrected chi connectivity index (χ2v) is 6.31. The zero-order chi connectivity index (χ0) is 13.9. The summed E-state index contributed by atoms with van der Waals surface area (Å²) < 4.78 is 0. The summed E-state index contributed by atoms with van der Waals surface area (Å²) in [6.45, 7) is 7.63. The third-order valence-electron chi connectivity index (χ3n) is 3.54. The first kappa shape index (κ1) is 14.4. The van der Waals surface area contributed by atoms with Gasteiger partial charge in [0.1, 0.15) is 0 Å². The Morgan fingerprint density at radius 2 is 1.84 bits per heavy atom. The molecule has 1 fully saturated rings. The summed E-state index contributed by atoms with van der Waals surface area (Å²) in [4.78, 5) is 4.67. The third-order valence-corrected chi connectivity index (χ3v) is 3.54. The Bertz CT molecular complexity index is 405. The molecule has 0 unspecified atom stereocenters. The minimum absolute atomic E-state index is 0.642. The molecule has 0 bridgehead atoms. The van der Waals surface area contributed by atoms with Crippen LogP contribution in [0.2, 0.25) is 0 Å². The minimum Gasteiger partial charge on any atom is -0.389 e. The molecule has 3 heteroatoms. The number of para-hydroxylation sites is 1. The van der Waals surface area contributed by atoms with Crippen molar-refractivity contribution in [2.45, 2.75) is 38.8 Å². The molecule has 1 aromatic carbocycles. The molecule has 106 valence electrons. The van der Waals surface area contributed by atoms with Crippen molar-refractivity contribution in [3.05, 3.63) is 29.8 Å². The van der Waals surface area contributed by atoms with Crippen LogP contribution in [0.15, 0.2) is 24.3 Å². The number of benzene rings is 1. The van der Waals surface area contributed by atoms with Crippen molar-refractivity contribution in [2.75, 3.05) is 31.6 Å². The van der Waals surface area contributed by atoms with E-state index in [2.05, 4.69) is 41.1 Å². The summed E-state index contributed by atoms with van der Waals surface area (Å²) in [5.74, 6) is 0. The van der Waals surface area contributed by atoms with E-state index in [-0.39, 0.29) is 0 Å². The van der Waals surface area contributed by atoms with Gasteiger partial charge in [-0.15, -0.1) is 0 Å². The van der Waals surface area contributed by atoms with Gasteiger partial charge in [-0.25, -0.2) is 0 Å². The van der Waals surface area contributed by atoms with Crippen LogP contribution in [0.4, 0.5) is 5.69 Å². The van der Waals surface area contributed by atoms with Gasteiger partial charge < -0.3 is 10.0 Å². The standard InChI is InChI=1S/C16H26N2O/c1-16(2,19)13-17(3)12-14-8-4-5-9-15(14)18-10-6-7-11-18/h4-5,8-9,19H,6-7,10-13H2,1-3H3. The first-order chi connectivity index (χ1) is 8.96. The lowest BCUT2D eigenvalue weighted by Crippen LogP contribution is -2.36. The van der Waals surface area contributed by atoms with Gasteiger partial charge in [-0.3, -0.25) is 4.90 Å². The molecule has 2 rings (SSSR count). The molecule has 0 amide bonds. The Morgan fingerprint density at radius 3 is 2.47 bits per heavy atom. The number of rotatable bonds is 5. The molecule has 0 aromatic heterocycles. The molecule has 0 atom stereocenters. The lowest BCUT2D eigenvalue weighted by Gasteiger charge is -2.28. The predicted molar refractivity (Wildman–Crippen MR) is 80.5 cm³/mol. The van der Waals surface area contributed by atoms with E-state index in [1.807, 2.05) is 13.8 Å². The average Bonchev–Trinajstić information content (AvgIpc) is 2.80. The molecule has 1 aromatic rings. The average molecular weight is 262 g/mol. The van der Waals surface area contributed by atoms with E-state index >= 15 is 0 Å². The molecule has 1 aliphatic rings. The molecular formula is C16H26N2O. The number of likely N-dealkylation sites (N-methyl/N-ethyl adjacent to an activating group) is 1. The normalized spacial score (nSPS) is 16.4. The van der Waals surface area contributed by atoms with Crippen molar-refractivity contribution >= 4 is 5.69 Å². The van der Waals surface area contributed by atoms with E-state index in [0.717, 1.165) is 6.54 Å². The topological polar surface area (TPSA) is 26.7 Å². The lowest BCUT2D eigenvalue weighted by molar-refractivity contribution is 0.0425. The van der Waals surface area contributed by atoms with Crippen LogP contribution >= 0.6 is 0 Å². The zero-order valence-electron chi connectivity index (χ0n) is 12.4. The number of aliphatic hydroxyl groups is 1. The summed E-state index contributed by atoms with van der Waals surface area (Å²) in [6.07, 6.45) is 2.60. The van der Waals surface area contributed by atoms with Gasteiger partial charge in [0.25, 0.3) is 0 Å². The van der Waals surface area contributed by atoms with E-state index in [0.29, 0.717) is 6.54 Å². The molecule has 0 saturated carbocycles. The van der Waals surface area contributed by atoms with Gasteiger partial charge in [0.2, 0.25) is 0 Å². The van der Waals surface area contributed by atoms with Gasteiger partial charge in [0.05, 0.1) is 5.60 Å². The summed E-state index contributed by atoms with van der Waals surface area (Å²) >= 11 is 0. The first-order valence-corrected chi connectivity index (χ1v) is 7.19. The van der Waals surface area contributed by atoms with Gasteiger partial charge >= 0.3 is 0 Å². The van der Waals surface area contributed by atoms with Crippen molar-refractivity contribution in [1.29, 1.82) is 0 Å². The summed E-state index contributed by atoms with van der Waals surface area (Å²) in [7, 11) is 2.07. The van der Waals surface area contributed by atoms with Gasteiger partial charge in [0, 0.05) is 31.9 Å². The van der Waals surface area contributed by atoms with E-state index in [9.17, 15) is 5.11 Å². The van der Waals surface area contributed by atoms with Crippen LogP contribution in [0, 0.1) is 0 Å². The highest BCUT2D eigenvalue weighted by Gasteiger charge is 2.19. The Kier molecular flexibility index (Phi) is 4.48. The van der Waals surface area contributed by atoms with Crippen molar-refractivity contribution in [1.82, 2.24) is 4.90 Å². The van der Waals surface area contributed by atoms with Crippen molar-refractivity contribution in [3.63, 3.8) is 0 Å². The SMILES string of the molecule is CN(Cc1ccccc1N1CCCC1)CC(C)(C)O. The fourth-order valence-electron chi connectivity index (χ4n) is 2.92. The van der Waals surface area contributed by atoms with Crippen LogP contribution in [0.5, 0.6) is 0 Å². The van der Waals surface area contributed by atoms with E-state index in [4.69, 9.17) is 0 Å². The fraction of sp³-hybridized carbons (Fsp3) is 0.625. The molecule has 0 aliphatic carbocycles. The molecule has 1 saturated heterocycles. The first-order valence-electron chi connectivity index (χ1n) is 7.19. The summed E-state index contributed by atoms with van der Waals surface area (Å²) in [5.41, 5.74) is 2.08. The quantitative estimate of drug-likeness (QED) is 0.883. The molecule has 1 N–H and O–H groups in total. The second-order valence-electron chi connectivity index (χ2n) is 6.31. The molecule has 1 heterocycles. The Labute approximate surface area is 116 Å². The van der Waals surface area contributed by atoms with E-state index in [1.165, 1.54) is 37.2 Å². The van der Waals surface area contributed by atoms with Crippen LogP contribution in [0.25, 0.3) is 0 Å². The fourth-order valence-corrected chi connectivity index (χ4v) is 2.92. The largest absolute Gasteiger partial charge is 0.389 e. The number of anilines is 1. The van der Waals surface area contributed by atoms with Crippen LogP contribution in [-0.4, -0.2) is 42.3 Å². The number of nitrogens with zero attached hydrogens (tertiary/aromatic N) is 2. The van der Waals surface area contributed by atoms with Gasteiger partial charge in [-0.2, -0.15) is 0 Å². The van der Waals surface area contributed by atoms with Crippen molar-refractivity contribution in [2.24, 2.45) is 0 Å². The highest BCUT2D eigenvalue weighted by Crippen LogP contribution is 2.25. The number of hydrogen-bond donors (Lipinski definition) is 1. The Morgan fingerprint density at radius 1 is 1.21 bits per heavy atom. The monoisotopic (exact) mass is 262 g/mol. The third kappa shape index (κ3) is 4.22. The zero-order valence-corrected chi connectivity index (χ0v) is 12.4. The summed E-state index contributed by atoms with van der Waals surface area (Å²) in [5, 5.41) is 9.89. The molecule has 3 nitrogen and oxygen atoms in total. The Balaban J connectivity index is 2.07. The van der Waals surface area contributed by atoms with Crippen LogP contribution in [0.3, 0.4) is 0 Å². The van der Waals surface area contributed by atoms with Gasteiger partial charge in [-0.05, 0) is 45.4 Å². The van der Waals surface area contributed by atoms with Gasteiger partial charge in [-0.1, -0.05) is 18.2 Å². The van der Waals surface area contributed by atoms with Gasteiger partial charge in [0.15, 0.2) is 0 Å². The molecular weight excluding hydrogens is 236 g/mol. The number of hydrogen-bond acceptors (Lipinski definition) is 3. The second kappa shape index (κ2) is 5.93. The highest BCUT2D eigenvalue weighted by molar-refractivity contribution is 5.54. The molecule has 0 radical (unpaired) electrons. The molecule has 19 heavy (non-hydrogen) atoms. The minimum atomic E-state index is -0.642. The van der Waals surface area contributed by atoms with E-state index in [1.54, 1.807) is 0 Å². The maximum Gasteiger partial charge on any atom is 0.0718 e. The maximum absolute atomic E-state index is 9.89. The lowest BCUT2D eigenvalue weighted by atomic mass is 10.1. The molecule has 0 spiro atoms. The van der Waals surface area contributed by atoms with Crippen molar-refractivity contribution < 1.29 is 5.11 Å². The van der Waals surface area contributed by atoms with Crippen molar-refractivity contribution in [3.8, 4) is 0 Å². The maximum atomic E-state index is 9.89. The highest BCUT2D eigenvalue weighted by atomic mass is 16.3. The van der Waals surface area contributed by atoms with Crippen LogP contribution in [-0.2, 0) is 6.54 Å². The van der Waals surface area contributed by atoms with E-state index < -0.39 is 5.60 Å². The Hall–Kier alpha value is -1.06. The molecule has 1 aliphatic heterocycles. The van der Waals surface area contributed by atoms with Crippen LogP contribution < -0.4 is 4.90 Å².